The van der Waals surface area contributed by atoms with E-state index in [-0.39, 0.29) is 5.24 Å². The Hall–Kier alpha value is -3.30. The number of imide groups is 1. The van der Waals surface area contributed by atoms with Gasteiger partial charge in [0.25, 0.3) is 11.1 Å². The molecule has 28 heavy (non-hydrogen) atoms. The number of nitrogens with one attached hydrogen (secondary N) is 1. The summed E-state index contributed by atoms with van der Waals surface area (Å²) in [5, 5.41) is 2.62. The van der Waals surface area contributed by atoms with Crippen molar-refractivity contribution in [2.75, 3.05) is 0 Å². The van der Waals surface area contributed by atoms with Gasteiger partial charge in [0, 0.05) is 29.4 Å². The Morgan fingerprint density at radius 3 is 2.50 bits per heavy atom. The number of rotatable bonds is 1. The summed E-state index contributed by atoms with van der Waals surface area (Å²) in [7, 11) is 0. The van der Waals surface area contributed by atoms with Crippen molar-refractivity contribution in [1.29, 1.82) is 0 Å². The molecule has 6 heteroatoms. The van der Waals surface area contributed by atoms with Crippen molar-refractivity contribution in [1.82, 2.24) is 10.3 Å². The third-order valence-corrected chi connectivity index (χ3v) is 5.17. The van der Waals surface area contributed by atoms with Crippen molar-refractivity contribution in [3.05, 3.63) is 69.1 Å². The molecule has 3 heterocycles. The van der Waals surface area contributed by atoms with Crippen molar-refractivity contribution < 1.29 is 14.0 Å². The minimum absolute atomic E-state index is 0.301. The molecule has 0 spiro atoms. The molecule has 138 valence electrons. The highest BCUT2D eigenvalue weighted by Gasteiger charge is 2.25. The van der Waals surface area contributed by atoms with E-state index < -0.39 is 5.91 Å². The summed E-state index contributed by atoms with van der Waals surface area (Å²) < 4.78 is 5.89. The molecule has 1 N–H and O–H groups in total. The normalized spacial score (nSPS) is 15.0. The number of hydrogen-bond donors (Lipinski definition) is 1. The van der Waals surface area contributed by atoms with Crippen LogP contribution in [0.15, 0.2) is 39.9 Å². The van der Waals surface area contributed by atoms with Gasteiger partial charge in [-0.05, 0) is 49.7 Å². The number of pyridine rings is 1. The van der Waals surface area contributed by atoms with Gasteiger partial charge in [0.1, 0.15) is 5.76 Å². The lowest BCUT2D eigenvalue weighted by molar-refractivity contribution is -0.115. The van der Waals surface area contributed by atoms with E-state index >= 15 is 0 Å². The van der Waals surface area contributed by atoms with E-state index in [0.29, 0.717) is 21.8 Å². The minimum atomic E-state index is -0.418. The highest BCUT2D eigenvalue weighted by molar-refractivity contribution is 8.18. The molecule has 1 aliphatic rings. The maximum Gasteiger partial charge on any atom is 0.290 e. The average Bonchev–Trinajstić information content (AvgIpc) is 3.16. The van der Waals surface area contributed by atoms with Crippen LogP contribution in [0.1, 0.15) is 33.6 Å². The summed E-state index contributed by atoms with van der Waals surface area (Å²) in [6, 6.07) is 6.00. The Bertz CT molecular complexity index is 1220. The molecule has 1 fully saturated rings. The summed E-state index contributed by atoms with van der Waals surface area (Å²) in [4.78, 5) is 27.6. The van der Waals surface area contributed by atoms with E-state index in [1.165, 1.54) is 5.56 Å². The first-order valence-electron chi connectivity index (χ1n) is 8.63. The summed E-state index contributed by atoms with van der Waals surface area (Å²) in [6.07, 6.45) is 4.90. The Kier molecular flexibility index (Phi) is 4.54. The van der Waals surface area contributed by atoms with Gasteiger partial charge in [-0.3, -0.25) is 19.9 Å². The summed E-state index contributed by atoms with van der Waals surface area (Å²) in [5.74, 6) is 6.45. The SMILES string of the molecule is Cc1cc(C)c(C#Cc2cncc3cc(/C=C4\SC(=O)NC4=O)oc23)c(C)c1. The zero-order chi connectivity index (χ0) is 19.8. The number of furan rings is 1. The first-order valence-corrected chi connectivity index (χ1v) is 9.44. The smallest absolute Gasteiger partial charge is 0.290 e. The van der Waals surface area contributed by atoms with Crippen LogP contribution in [-0.4, -0.2) is 16.1 Å². The van der Waals surface area contributed by atoms with Crippen LogP contribution in [0.3, 0.4) is 0 Å². The zero-order valence-electron chi connectivity index (χ0n) is 15.5. The van der Waals surface area contributed by atoms with Gasteiger partial charge in [0.05, 0.1) is 10.5 Å². The largest absolute Gasteiger partial charge is 0.455 e. The molecular formula is C22H16N2O3S. The Morgan fingerprint density at radius 1 is 1.07 bits per heavy atom. The van der Waals surface area contributed by atoms with Crippen molar-refractivity contribution >= 4 is 40.0 Å². The fourth-order valence-electron chi connectivity index (χ4n) is 3.20. The van der Waals surface area contributed by atoms with E-state index in [0.717, 1.165) is 33.8 Å². The molecule has 0 radical (unpaired) electrons. The van der Waals surface area contributed by atoms with Crippen LogP contribution in [0.2, 0.25) is 0 Å². The van der Waals surface area contributed by atoms with Gasteiger partial charge in [-0.1, -0.05) is 29.5 Å². The predicted molar refractivity (Wildman–Crippen MR) is 110 cm³/mol. The zero-order valence-corrected chi connectivity index (χ0v) is 16.4. The maximum absolute atomic E-state index is 11.7. The van der Waals surface area contributed by atoms with Crippen LogP contribution < -0.4 is 5.32 Å². The molecule has 1 aliphatic heterocycles. The Balaban J connectivity index is 1.75. The van der Waals surface area contributed by atoms with Crippen LogP contribution >= 0.6 is 11.8 Å². The number of fused-ring (bicyclic) bond motifs is 1. The Morgan fingerprint density at radius 2 is 1.82 bits per heavy atom. The van der Waals surface area contributed by atoms with E-state index in [1.54, 1.807) is 24.5 Å². The highest BCUT2D eigenvalue weighted by atomic mass is 32.2. The molecule has 4 rings (SSSR count). The fourth-order valence-corrected chi connectivity index (χ4v) is 3.86. The van der Waals surface area contributed by atoms with Crippen LogP contribution in [0.4, 0.5) is 4.79 Å². The van der Waals surface area contributed by atoms with Gasteiger partial charge in [0.2, 0.25) is 0 Å². The van der Waals surface area contributed by atoms with Gasteiger partial charge >= 0.3 is 0 Å². The van der Waals surface area contributed by atoms with Crippen molar-refractivity contribution in [3.8, 4) is 11.8 Å². The molecule has 1 aromatic carbocycles. The molecule has 3 aromatic rings. The van der Waals surface area contributed by atoms with Gasteiger partial charge in [0.15, 0.2) is 5.58 Å². The second-order valence-corrected chi connectivity index (χ2v) is 7.64. The third-order valence-electron chi connectivity index (χ3n) is 4.36. The van der Waals surface area contributed by atoms with E-state index in [2.05, 4.69) is 41.2 Å². The molecule has 0 aliphatic carbocycles. The number of carbonyl (C=O) groups excluding carboxylic acids is 2. The number of carbonyl (C=O) groups is 2. The predicted octanol–water partition coefficient (Wildman–Crippen LogP) is 4.48. The van der Waals surface area contributed by atoms with Crippen molar-refractivity contribution in [2.45, 2.75) is 20.8 Å². The van der Waals surface area contributed by atoms with Crippen molar-refractivity contribution in [2.24, 2.45) is 0 Å². The molecule has 2 amide bonds. The van der Waals surface area contributed by atoms with Crippen LogP contribution in [0.5, 0.6) is 0 Å². The van der Waals surface area contributed by atoms with Gasteiger partial charge in [-0.25, -0.2) is 0 Å². The van der Waals surface area contributed by atoms with Gasteiger partial charge < -0.3 is 4.42 Å². The van der Waals surface area contributed by atoms with E-state index in [4.69, 9.17) is 4.42 Å². The van der Waals surface area contributed by atoms with Gasteiger partial charge in [-0.2, -0.15) is 0 Å². The second kappa shape index (κ2) is 7.02. The monoisotopic (exact) mass is 388 g/mol. The highest BCUT2D eigenvalue weighted by Crippen LogP contribution is 2.29. The number of nitrogens with zero attached hydrogens (tertiary/aromatic N) is 1. The number of hydrogen-bond acceptors (Lipinski definition) is 5. The van der Waals surface area contributed by atoms with E-state index in [9.17, 15) is 9.59 Å². The minimum Gasteiger partial charge on any atom is -0.455 e. The molecular weight excluding hydrogens is 372 g/mol. The van der Waals surface area contributed by atoms with Crippen LogP contribution in [0, 0.1) is 32.6 Å². The number of aryl methyl sites for hydroxylation is 3. The lowest BCUT2D eigenvalue weighted by Crippen LogP contribution is -2.17. The molecule has 0 bridgehead atoms. The maximum atomic E-state index is 11.7. The molecule has 5 nitrogen and oxygen atoms in total. The third kappa shape index (κ3) is 3.45. The van der Waals surface area contributed by atoms with Crippen molar-refractivity contribution in [3.63, 3.8) is 0 Å². The quantitative estimate of drug-likeness (QED) is 0.492. The Labute approximate surface area is 166 Å². The number of amides is 2. The molecule has 1 saturated heterocycles. The average molecular weight is 388 g/mol. The standard InChI is InChI=1S/C22H16N2O3S/c1-12-6-13(2)18(14(3)7-12)5-4-15-10-23-11-16-8-17(27-20(15)16)9-19-21(25)24-22(26)28-19/h6-11H,1-3H3,(H,24,25,26)/b19-9-. The number of aromatic nitrogens is 1. The first-order chi connectivity index (χ1) is 13.4. The van der Waals surface area contributed by atoms with Crippen LogP contribution in [0.25, 0.3) is 17.0 Å². The summed E-state index contributed by atoms with van der Waals surface area (Å²) in [5.41, 5.74) is 5.73. The lowest BCUT2D eigenvalue weighted by Gasteiger charge is -2.04. The fraction of sp³-hybridized carbons (Fsp3) is 0.136. The second-order valence-electron chi connectivity index (χ2n) is 6.63. The summed E-state index contributed by atoms with van der Waals surface area (Å²) >= 11 is 0.852. The number of thioether (sulfide) groups is 1. The van der Waals surface area contributed by atoms with E-state index in [1.807, 2.05) is 13.8 Å². The summed E-state index contributed by atoms with van der Waals surface area (Å²) in [6.45, 7) is 6.16. The van der Waals surface area contributed by atoms with Gasteiger partial charge in [-0.15, -0.1) is 0 Å². The molecule has 2 aromatic heterocycles. The molecule has 0 atom stereocenters. The topological polar surface area (TPSA) is 72.2 Å². The first kappa shape index (κ1) is 18.1. The lowest BCUT2D eigenvalue weighted by atomic mass is 10.00. The number of benzene rings is 1. The van der Waals surface area contributed by atoms with Crippen LogP contribution in [-0.2, 0) is 4.79 Å². The molecule has 0 saturated carbocycles. The molecule has 0 unspecified atom stereocenters.